The fourth-order valence-electron chi connectivity index (χ4n) is 3.49. The van der Waals surface area contributed by atoms with Gasteiger partial charge in [-0.2, -0.15) is 0 Å². The van der Waals surface area contributed by atoms with Gasteiger partial charge < -0.3 is 4.74 Å². The Kier molecular flexibility index (Phi) is 3.97. The molecule has 5 heteroatoms. The summed E-state index contributed by atoms with van der Waals surface area (Å²) >= 11 is 9.57. The van der Waals surface area contributed by atoms with Gasteiger partial charge in [0.15, 0.2) is 11.6 Å². The van der Waals surface area contributed by atoms with Crippen molar-refractivity contribution in [3.05, 3.63) is 28.2 Å². The van der Waals surface area contributed by atoms with Gasteiger partial charge in [-0.3, -0.25) is 0 Å². The fourth-order valence-corrected chi connectivity index (χ4v) is 4.52. The van der Waals surface area contributed by atoms with Crippen molar-refractivity contribution >= 4 is 27.5 Å². The summed E-state index contributed by atoms with van der Waals surface area (Å²) in [6, 6.07) is 2.08. The molecule has 0 radical (unpaired) electrons. The van der Waals surface area contributed by atoms with Crippen molar-refractivity contribution in [1.82, 2.24) is 0 Å². The lowest BCUT2D eigenvalue weighted by molar-refractivity contribution is -0.0669. The van der Waals surface area contributed by atoms with E-state index < -0.39 is 11.6 Å². The standard InChI is InChI=1S/C15H16BrClF2O/c16-10-6-9(18)7-11(19)14(10)20-13-8-12(17)15(13)4-2-1-3-5-15/h6-7,12-13H,1-5,8H2. The van der Waals surface area contributed by atoms with E-state index in [1.54, 1.807) is 0 Å². The number of hydrogen-bond donors (Lipinski definition) is 0. The molecular formula is C15H16BrClF2O. The van der Waals surface area contributed by atoms with E-state index in [4.69, 9.17) is 16.3 Å². The highest BCUT2D eigenvalue weighted by Gasteiger charge is 2.56. The minimum absolute atomic E-state index is 0.0277. The molecule has 0 saturated heterocycles. The first-order valence-corrected chi connectivity index (χ1v) is 8.21. The number of hydrogen-bond acceptors (Lipinski definition) is 1. The van der Waals surface area contributed by atoms with Gasteiger partial charge in [-0.15, -0.1) is 11.6 Å². The largest absolute Gasteiger partial charge is 0.485 e. The summed E-state index contributed by atoms with van der Waals surface area (Å²) in [6.07, 6.45) is 6.25. The van der Waals surface area contributed by atoms with Crippen molar-refractivity contribution in [2.24, 2.45) is 5.41 Å². The van der Waals surface area contributed by atoms with E-state index in [1.165, 1.54) is 12.5 Å². The number of benzene rings is 1. The lowest BCUT2D eigenvalue weighted by Crippen LogP contribution is -2.58. The van der Waals surface area contributed by atoms with Crippen molar-refractivity contribution in [2.75, 3.05) is 0 Å². The first-order valence-electron chi connectivity index (χ1n) is 6.98. The second kappa shape index (κ2) is 5.45. The smallest absolute Gasteiger partial charge is 0.169 e. The van der Waals surface area contributed by atoms with Crippen molar-refractivity contribution < 1.29 is 13.5 Å². The summed E-state index contributed by atoms with van der Waals surface area (Å²) < 4.78 is 33.1. The Morgan fingerprint density at radius 2 is 1.90 bits per heavy atom. The lowest BCUT2D eigenvalue weighted by Gasteiger charge is -2.55. The van der Waals surface area contributed by atoms with Gasteiger partial charge in [-0.25, -0.2) is 8.78 Å². The molecule has 0 aromatic heterocycles. The third kappa shape index (κ3) is 2.35. The quantitative estimate of drug-likeness (QED) is 0.634. The summed E-state index contributed by atoms with van der Waals surface area (Å²) in [4.78, 5) is 0. The van der Waals surface area contributed by atoms with Gasteiger partial charge in [0.25, 0.3) is 0 Å². The Morgan fingerprint density at radius 1 is 1.20 bits per heavy atom. The molecule has 1 aromatic rings. The molecule has 2 fully saturated rings. The van der Waals surface area contributed by atoms with Crippen molar-refractivity contribution in [2.45, 2.75) is 50.0 Å². The molecule has 2 aliphatic rings. The summed E-state index contributed by atoms with van der Waals surface area (Å²) in [5, 5.41) is 0.107. The zero-order valence-electron chi connectivity index (χ0n) is 11.0. The monoisotopic (exact) mass is 364 g/mol. The highest BCUT2D eigenvalue weighted by molar-refractivity contribution is 9.10. The third-order valence-corrected chi connectivity index (χ3v) is 5.90. The molecule has 0 N–H and O–H groups in total. The highest BCUT2D eigenvalue weighted by atomic mass is 79.9. The van der Waals surface area contributed by atoms with Crippen LogP contribution in [0.1, 0.15) is 38.5 Å². The van der Waals surface area contributed by atoms with Crippen molar-refractivity contribution in [3.8, 4) is 5.75 Å². The van der Waals surface area contributed by atoms with Crippen LogP contribution in [0.3, 0.4) is 0 Å². The molecule has 0 bridgehead atoms. The van der Waals surface area contributed by atoms with Crippen molar-refractivity contribution in [3.63, 3.8) is 0 Å². The fraction of sp³-hybridized carbons (Fsp3) is 0.600. The molecule has 0 aliphatic heterocycles. The Morgan fingerprint density at radius 3 is 2.50 bits per heavy atom. The van der Waals surface area contributed by atoms with Crippen LogP contribution >= 0.6 is 27.5 Å². The van der Waals surface area contributed by atoms with E-state index in [0.29, 0.717) is 4.47 Å². The van der Waals surface area contributed by atoms with Gasteiger partial charge in [0.1, 0.15) is 11.9 Å². The molecular weight excluding hydrogens is 350 g/mol. The van der Waals surface area contributed by atoms with Crippen LogP contribution in [0.4, 0.5) is 8.78 Å². The van der Waals surface area contributed by atoms with Gasteiger partial charge in [0.2, 0.25) is 0 Å². The number of rotatable bonds is 2. The summed E-state index contributed by atoms with van der Waals surface area (Å²) in [5.41, 5.74) is -0.0277. The Hall–Kier alpha value is -0.350. The molecule has 2 aliphatic carbocycles. The average Bonchev–Trinajstić information content (AvgIpc) is 2.42. The number of halogens is 4. The minimum Gasteiger partial charge on any atom is -0.485 e. The predicted octanol–water partition coefficient (Wildman–Crippen LogP) is 5.44. The summed E-state index contributed by atoms with van der Waals surface area (Å²) in [5.74, 6) is -1.18. The van der Waals surface area contributed by atoms with E-state index >= 15 is 0 Å². The molecule has 2 saturated carbocycles. The summed E-state index contributed by atoms with van der Waals surface area (Å²) in [6.45, 7) is 0. The normalized spacial score (nSPS) is 28.2. The van der Waals surface area contributed by atoms with Crippen LogP contribution in [0, 0.1) is 17.0 Å². The second-order valence-electron chi connectivity index (χ2n) is 5.80. The lowest BCUT2D eigenvalue weighted by atomic mass is 9.58. The van der Waals surface area contributed by atoms with Gasteiger partial charge >= 0.3 is 0 Å². The maximum atomic E-state index is 13.9. The van der Waals surface area contributed by atoms with Crippen LogP contribution in [-0.2, 0) is 0 Å². The van der Waals surface area contributed by atoms with Crippen LogP contribution in [0.15, 0.2) is 16.6 Å². The highest BCUT2D eigenvalue weighted by Crippen LogP contribution is 2.56. The van der Waals surface area contributed by atoms with Gasteiger partial charge in [0, 0.05) is 23.3 Å². The Bertz CT molecular complexity index is 494. The Balaban J connectivity index is 1.82. The van der Waals surface area contributed by atoms with Gasteiger partial charge in [-0.05, 0) is 34.8 Å². The summed E-state index contributed by atoms with van der Waals surface area (Å²) in [7, 11) is 0. The zero-order valence-corrected chi connectivity index (χ0v) is 13.3. The molecule has 0 heterocycles. The van der Waals surface area contributed by atoms with E-state index in [0.717, 1.165) is 38.2 Å². The Labute approximate surface area is 130 Å². The van der Waals surface area contributed by atoms with Crippen LogP contribution in [-0.4, -0.2) is 11.5 Å². The van der Waals surface area contributed by atoms with Gasteiger partial charge in [-0.1, -0.05) is 19.3 Å². The first-order chi connectivity index (χ1) is 9.53. The second-order valence-corrected chi connectivity index (χ2v) is 7.18. The third-order valence-electron chi connectivity index (χ3n) is 4.69. The van der Waals surface area contributed by atoms with E-state index in [-0.39, 0.29) is 22.6 Å². The molecule has 1 nitrogen and oxygen atoms in total. The average molecular weight is 366 g/mol. The first kappa shape index (κ1) is 14.6. The number of alkyl halides is 1. The van der Waals surface area contributed by atoms with Gasteiger partial charge in [0.05, 0.1) is 4.47 Å². The van der Waals surface area contributed by atoms with Crippen molar-refractivity contribution in [1.29, 1.82) is 0 Å². The van der Waals surface area contributed by atoms with Crippen LogP contribution < -0.4 is 4.74 Å². The van der Waals surface area contributed by atoms with Crippen LogP contribution in [0.5, 0.6) is 5.75 Å². The molecule has 1 spiro atoms. The SMILES string of the molecule is Fc1cc(F)c(OC2CC(Cl)C23CCCCC3)c(Br)c1. The predicted molar refractivity (Wildman–Crippen MR) is 78.3 cm³/mol. The van der Waals surface area contributed by atoms with Crippen LogP contribution in [0.2, 0.25) is 0 Å². The van der Waals surface area contributed by atoms with E-state index in [2.05, 4.69) is 15.9 Å². The zero-order chi connectivity index (χ0) is 14.3. The molecule has 2 atom stereocenters. The number of ether oxygens (including phenoxy) is 1. The molecule has 1 aromatic carbocycles. The molecule has 110 valence electrons. The molecule has 3 rings (SSSR count). The molecule has 0 amide bonds. The molecule has 20 heavy (non-hydrogen) atoms. The molecule has 2 unspecified atom stereocenters. The topological polar surface area (TPSA) is 9.23 Å². The van der Waals surface area contributed by atoms with E-state index in [9.17, 15) is 8.78 Å². The van der Waals surface area contributed by atoms with E-state index in [1.807, 2.05) is 0 Å². The maximum Gasteiger partial charge on any atom is 0.169 e. The minimum atomic E-state index is -0.666. The maximum absolute atomic E-state index is 13.9. The van der Waals surface area contributed by atoms with Crippen LogP contribution in [0.25, 0.3) is 0 Å².